The molecule has 0 spiro atoms. The predicted molar refractivity (Wildman–Crippen MR) is 75.1 cm³/mol. The lowest BCUT2D eigenvalue weighted by Crippen LogP contribution is -2.32. The van der Waals surface area contributed by atoms with E-state index in [1.54, 1.807) is 0 Å². The number of rotatable bonds is 2. The lowest BCUT2D eigenvalue weighted by Gasteiger charge is -2.24. The Kier molecular flexibility index (Phi) is 2.51. The first-order valence-corrected chi connectivity index (χ1v) is 7.30. The summed E-state index contributed by atoms with van der Waals surface area (Å²) in [5.41, 5.74) is 17.0. The van der Waals surface area contributed by atoms with Gasteiger partial charge in [-0.25, -0.2) is 20.4 Å². The smallest absolute Gasteiger partial charge is 0.332 e. The highest BCUT2D eigenvalue weighted by Crippen LogP contribution is 2.68. The highest BCUT2D eigenvalue weighted by Gasteiger charge is 2.67. The number of fused-ring (bicyclic) bond motifs is 2. The van der Waals surface area contributed by atoms with Crippen LogP contribution in [0, 0.1) is 35.5 Å². The Labute approximate surface area is 121 Å². The molecule has 0 unspecified atom stereocenters. The predicted octanol–water partition coefficient (Wildman–Crippen LogP) is -0.0431. The summed E-state index contributed by atoms with van der Waals surface area (Å²) < 4.78 is 0. The first-order valence-electron chi connectivity index (χ1n) is 7.30. The van der Waals surface area contributed by atoms with Gasteiger partial charge in [0.15, 0.2) is 0 Å². The van der Waals surface area contributed by atoms with E-state index < -0.39 is 12.1 Å². The summed E-state index contributed by atoms with van der Waals surface area (Å²) in [6.45, 7) is 0. The zero-order valence-corrected chi connectivity index (χ0v) is 11.5. The van der Waals surface area contributed by atoms with Crippen LogP contribution in [0.3, 0.4) is 0 Å². The minimum atomic E-state index is -0.634. The molecule has 2 bridgehead atoms. The molecule has 0 aliphatic heterocycles. The fourth-order valence-corrected chi connectivity index (χ4v) is 5.42. The fraction of sp³-hybridized carbons (Fsp3) is 0.692. The molecule has 4 fully saturated rings. The summed E-state index contributed by atoms with van der Waals surface area (Å²) in [4.78, 5) is 21.7. The van der Waals surface area contributed by atoms with Crippen LogP contribution in [0.1, 0.15) is 19.3 Å². The Hall–Kier alpha value is -2.12. The second kappa shape index (κ2) is 4.19. The summed E-state index contributed by atoms with van der Waals surface area (Å²) in [6.07, 6.45) is 3.10. The SMILES string of the molecule is NC(=O)N/N=C1\C[C@@H]2[C@@H]3C/C(=N\NC(N)=O)[C@H]4[C@H]3C[C@H]2[C@H]14. The maximum absolute atomic E-state index is 10.9. The van der Waals surface area contributed by atoms with Crippen molar-refractivity contribution in [3.8, 4) is 0 Å². The van der Waals surface area contributed by atoms with Gasteiger partial charge in [0.05, 0.1) is 0 Å². The maximum Gasteiger partial charge on any atom is 0.332 e. The number of amides is 4. The topological polar surface area (TPSA) is 135 Å². The minimum absolute atomic E-state index is 0.332. The van der Waals surface area contributed by atoms with E-state index in [-0.39, 0.29) is 0 Å². The molecule has 4 saturated carbocycles. The average Bonchev–Trinajstić information content (AvgIpc) is 3.03. The van der Waals surface area contributed by atoms with Gasteiger partial charge in [0, 0.05) is 23.3 Å². The molecule has 4 aliphatic carbocycles. The normalized spacial score (nSPS) is 45.5. The van der Waals surface area contributed by atoms with Gasteiger partial charge >= 0.3 is 12.1 Å². The van der Waals surface area contributed by atoms with E-state index in [0.29, 0.717) is 35.5 Å². The van der Waals surface area contributed by atoms with E-state index in [0.717, 1.165) is 24.3 Å². The largest absolute Gasteiger partial charge is 0.350 e. The van der Waals surface area contributed by atoms with Crippen molar-refractivity contribution >= 4 is 23.5 Å². The van der Waals surface area contributed by atoms with Crippen molar-refractivity contribution in [3.63, 3.8) is 0 Å². The average molecular weight is 290 g/mol. The summed E-state index contributed by atoms with van der Waals surface area (Å²) >= 11 is 0. The van der Waals surface area contributed by atoms with Crippen molar-refractivity contribution in [1.82, 2.24) is 10.9 Å². The van der Waals surface area contributed by atoms with Crippen LogP contribution in [0.4, 0.5) is 9.59 Å². The van der Waals surface area contributed by atoms with Crippen LogP contribution in [0.15, 0.2) is 10.2 Å². The molecule has 0 aromatic rings. The van der Waals surface area contributed by atoms with Crippen LogP contribution < -0.4 is 22.3 Å². The molecular formula is C13H18N6O2. The number of hydrogen-bond donors (Lipinski definition) is 4. The summed E-state index contributed by atoms with van der Waals surface area (Å²) in [6, 6.07) is -1.27. The molecule has 0 aromatic carbocycles. The Balaban J connectivity index is 1.63. The van der Waals surface area contributed by atoms with Gasteiger partial charge in [-0.3, -0.25) is 0 Å². The standard InChI is InChI=1S/C13H18N6O2/c14-12(20)18-16-8-2-4-5-3-9(17-19-13(15)21)11-7(5)1-6(4)10(8)11/h4-7,10-11H,1-3H2,(H3,14,18,20)(H3,15,19,21)/b16-8+,17-9+/t4-,5+,6-,7+,10-,11-/m1/s1. The molecule has 112 valence electrons. The number of hydrogen-bond acceptors (Lipinski definition) is 4. The first-order chi connectivity index (χ1) is 10.1. The molecular weight excluding hydrogens is 272 g/mol. The van der Waals surface area contributed by atoms with Crippen molar-refractivity contribution < 1.29 is 9.59 Å². The number of primary amides is 2. The van der Waals surface area contributed by atoms with Crippen molar-refractivity contribution in [2.45, 2.75) is 19.3 Å². The molecule has 0 radical (unpaired) electrons. The summed E-state index contributed by atoms with van der Waals surface area (Å²) in [5.74, 6) is 3.20. The van der Waals surface area contributed by atoms with Crippen molar-refractivity contribution in [2.24, 2.45) is 57.2 Å². The maximum atomic E-state index is 10.9. The van der Waals surface area contributed by atoms with Gasteiger partial charge in [-0.2, -0.15) is 10.2 Å². The second-order valence-electron chi connectivity index (χ2n) is 6.51. The van der Waals surface area contributed by atoms with Crippen molar-refractivity contribution in [2.75, 3.05) is 0 Å². The van der Waals surface area contributed by atoms with Gasteiger partial charge in [-0.05, 0) is 42.9 Å². The van der Waals surface area contributed by atoms with Crippen LogP contribution in [-0.4, -0.2) is 23.5 Å². The molecule has 0 heterocycles. The Bertz CT molecular complexity index is 531. The lowest BCUT2D eigenvalue weighted by atomic mass is 9.79. The first kappa shape index (κ1) is 12.6. The summed E-state index contributed by atoms with van der Waals surface area (Å²) in [5, 5.41) is 8.43. The van der Waals surface area contributed by atoms with Gasteiger partial charge in [0.1, 0.15) is 0 Å². The zero-order chi connectivity index (χ0) is 14.7. The Morgan fingerprint density at radius 1 is 0.857 bits per heavy atom. The number of carbonyl (C=O) groups excluding carboxylic acids is 2. The van der Waals surface area contributed by atoms with Gasteiger partial charge < -0.3 is 11.5 Å². The quantitative estimate of drug-likeness (QED) is 0.531. The second-order valence-corrected chi connectivity index (χ2v) is 6.51. The molecule has 0 aromatic heterocycles. The van der Waals surface area contributed by atoms with Gasteiger partial charge in [-0.15, -0.1) is 0 Å². The van der Waals surface area contributed by atoms with Crippen LogP contribution in [-0.2, 0) is 0 Å². The number of nitrogens with zero attached hydrogens (tertiary/aromatic N) is 2. The third-order valence-corrected chi connectivity index (χ3v) is 5.78. The molecule has 4 amide bonds. The van der Waals surface area contributed by atoms with E-state index in [2.05, 4.69) is 21.1 Å². The van der Waals surface area contributed by atoms with Crippen molar-refractivity contribution in [3.05, 3.63) is 0 Å². The van der Waals surface area contributed by atoms with Crippen molar-refractivity contribution in [1.29, 1.82) is 0 Å². The van der Waals surface area contributed by atoms with Crippen LogP contribution in [0.25, 0.3) is 0 Å². The lowest BCUT2D eigenvalue weighted by molar-refractivity contribution is 0.241. The van der Waals surface area contributed by atoms with Crippen LogP contribution in [0.2, 0.25) is 0 Å². The van der Waals surface area contributed by atoms with E-state index in [1.165, 1.54) is 6.42 Å². The highest BCUT2D eigenvalue weighted by molar-refractivity contribution is 6.01. The minimum Gasteiger partial charge on any atom is -0.350 e. The molecule has 4 aliphatic rings. The monoisotopic (exact) mass is 290 g/mol. The van der Waals surface area contributed by atoms with Gasteiger partial charge in [-0.1, -0.05) is 0 Å². The van der Waals surface area contributed by atoms with E-state index >= 15 is 0 Å². The zero-order valence-electron chi connectivity index (χ0n) is 11.5. The number of urea groups is 2. The number of hydrazone groups is 2. The van der Waals surface area contributed by atoms with Gasteiger partial charge in [0.2, 0.25) is 0 Å². The van der Waals surface area contributed by atoms with E-state index in [4.69, 9.17) is 11.5 Å². The van der Waals surface area contributed by atoms with Crippen LogP contribution in [0.5, 0.6) is 0 Å². The molecule has 0 saturated heterocycles. The number of nitrogens with one attached hydrogen (secondary N) is 2. The third-order valence-electron chi connectivity index (χ3n) is 5.78. The number of nitrogens with two attached hydrogens (primary N) is 2. The number of carbonyl (C=O) groups is 2. The van der Waals surface area contributed by atoms with E-state index in [1.807, 2.05) is 0 Å². The molecule has 6 atom stereocenters. The molecule has 8 nitrogen and oxygen atoms in total. The van der Waals surface area contributed by atoms with Gasteiger partial charge in [0.25, 0.3) is 0 Å². The molecule has 21 heavy (non-hydrogen) atoms. The molecule has 8 heteroatoms. The van der Waals surface area contributed by atoms with E-state index in [9.17, 15) is 9.59 Å². The van der Waals surface area contributed by atoms with Crippen LogP contribution >= 0.6 is 0 Å². The highest BCUT2D eigenvalue weighted by atomic mass is 16.2. The molecule has 6 N–H and O–H groups in total. The Morgan fingerprint density at radius 3 is 1.67 bits per heavy atom. The molecule has 4 rings (SSSR count). The third kappa shape index (κ3) is 1.68. The fourth-order valence-electron chi connectivity index (χ4n) is 5.42. The summed E-state index contributed by atoms with van der Waals surface area (Å²) in [7, 11) is 0. The Morgan fingerprint density at radius 2 is 1.29 bits per heavy atom.